The quantitative estimate of drug-likeness (QED) is 0.271. The Morgan fingerprint density at radius 3 is 2.11 bits per heavy atom. The van der Waals surface area contributed by atoms with Crippen molar-refractivity contribution in [3.63, 3.8) is 0 Å². The van der Waals surface area contributed by atoms with E-state index < -0.39 is 0 Å². The average Bonchev–Trinajstić information content (AvgIpc) is 3.29. The Labute approximate surface area is 201 Å². The van der Waals surface area contributed by atoms with Crippen LogP contribution in [0.5, 0.6) is 0 Å². The highest BCUT2D eigenvalue weighted by molar-refractivity contribution is 6.15. The highest BCUT2D eigenvalue weighted by Gasteiger charge is 2.27. The Hall–Kier alpha value is -4.76. The van der Waals surface area contributed by atoms with E-state index in [0.717, 1.165) is 50.4 Å². The second-order valence-corrected chi connectivity index (χ2v) is 9.10. The fourth-order valence-electron chi connectivity index (χ4n) is 5.55. The molecule has 0 aliphatic carbocycles. The first-order valence-electron chi connectivity index (χ1n) is 11.9. The Kier molecular flexibility index (Phi) is 3.66. The van der Waals surface area contributed by atoms with E-state index in [1.807, 2.05) is 12.1 Å². The predicted octanol–water partition coefficient (Wildman–Crippen LogP) is 9.42. The first-order chi connectivity index (χ1) is 17.3. The van der Waals surface area contributed by atoms with Crippen molar-refractivity contribution in [3.8, 4) is 0 Å². The van der Waals surface area contributed by atoms with Crippen molar-refractivity contribution in [3.05, 3.63) is 115 Å². The number of hydrogen-bond acceptors (Lipinski definition) is 3. The number of benzene rings is 6. The second kappa shape index (κ2) is 6.87. The summed E-state index contributed by atoms with van der Waals surface area (Å²) < 4.78 is 6.13. The summed E-state index contributed by atoms with van der Waals surface area (Å²) in [6.45, 7) is 0. The lowest BCUT2D eigenvalue weighted by atomic mass is 9.98. The van der Waals surface area contributed by atoms with Crippen LogP contribution in [-0.2, 0) is 0 Å². The van der Waals surface area contributed by atoms with E-state index in [1.165, 1.54) is 21.5 Å². The molecule has 3 heteroatoms. The Morgan fingerprint density at radius 2 is 1.23 bits per heavy atom. The van der Waals surface area contributed by atoms with Crippen LogP contribution in [-0.4, -0.2) is 0 Å². The standard InChI is InChI=1S/C32H20N2O/c1-3-9-23-20(7-1)14-17-28-31(23)33-27-16-13-21-8-2-4-10-24(21)32(27)34(28)22-15-18-30-26(19-22)25-11-5-6-12-29(25)35-30/h1-19,33H. The van der Waals surface area contributed by atoms with Gasteiger partial charge in [0.05, 0.1) is 22.7 Å². The maximum absolute atomic E-state index is 6.13. The molecule has 164 valence electrons. The Balaban J connectivity index is 1.48. The van der Waals surface area contributed by atoms with E-state index in [9.17, 15) is 0 Å². The number of hydrogen-bond donors (Lipinski definition) is 1. The van der Waals surface area contributed by atoms with Crippen LogP contribution in [0.3, 0.4) is 0 Å². The minimum Gasteiger partial charge on any atom is -0.456 e. The van der Waals surface area contributed by atoms with E-state index in [0.29, 0.717) is 0 Å². The molecule has 0 saturated heterocycles. The van der Waals surface area contributed by atoms with E-state index in [2.05, 4.69) is 113 Å². The molecule has 0 saturated carbocycles. The Bertz CT molecular complexity index is 1950. The molecule has 0 unspecified atom stereocenters. The summed E-state index contributed by atoms with van der Waals surface area (Å²) in [7, 11) is 0. The van der Waals surface area contributed by atoms with Gasteiger partial charge in [-0.05, 0) is 47.2 Å². The first kappa shape index (κ1) is 18.6. The molecule has 0 spiro atoms. The number of nitrogens with zero attached hydrogens (tertiary/aromatic N) is 1. The van der Waals surface area contributed by atoms with Crippen molar-refractivity contribution in [2.45, 2.75) is 0 Å². The molecule has 0 amide bonds. The lowest BCUT2D eigenvalue weighted by Gasteiger charge is -2.35. The fraction of sp³-hybridized carbons (Fsp3) is 0. The summed E-state index contributed by atoms with van der Waals surface area (Å²) in [5, 5.41) is 10.9. The van der Waals surface area contributed by atoms with Crippen molar-refractivity contribution in [2.24, 2.45) is 0 Å². The van der Waals surface area contributed by atoms with Crippen molar-refractivity contribution < 1.29 is 4.42 Å². The zero-order valence-corrected chi connectivity index (χ0v) is 18.8. The molecule has 1 aliphatic rings. The van der Waals surface area contributed by atoms with Crippen LogP contribution in [0.15, 0.2) is 120 Å². The first-order valence-corrected chi connectivity index (χ1v) is 11.9. The fourth-order valence-corrected chi connectivity index (χ4v) is 5.55. The second-order valence-electron chi connectivity index (χ2n) is 9.10. The maximum atomic E-state index is 6.13. The molecule has 0 radical (unpaired) electrons. The molecule has 3 nitrogen and oxygen atoms in total. The van der Waals surface area contributed by atoms with Crippen LogP contribution in [0.2, 0.25) is 0 Å². The summed E-state index contributed by atoms with van der Waals surface area (Å²) >= 11 is 0. The average molecular weight is 449 g/mol. The molecule has 0 bridgehead atoms. The zero-order chi connectivity index (χ0) is 22.9. The molecule has 1 aromatic heterocycles. The lowest BCUT2D eigenvalue weighted by molar-refractivity contribution is 0.669. The van der Waals surface area contributed by atoms with Gasteiger partial charge in [0.2, 0.25) is 0 Å². The van der Waals surface area contributed by atoms with Crippen LogP contribution in [0.4, 0.5) is 28.4 Å². The van der Waals surface area contributed by atoms with Crippen molar-refractivity contribution in [1.82, 2.24) is 0 Å². The highest BCUT2D eigenvalue weighted by atomic mass is 16.3. The molecule has 0 fully saturated rings. The third kappa shape index (κ3) is 2.61. The number of rotatable bonds is 1. The van der Waals surface area contributed by atoms with Gasteiger partial charge in [-0.3, -0.25) is 0 Å². The third-order valence-electron chi connectivity index (χ3n) is 7.15. The van der Waals surface area contributed by atoms with Gasteiger partial charge in [0.1, 0.15) is 11.2 Å². The van der Waals surface area contributed by atoms with Crippen LogP contribution in [0.1, 0.15) is 0 Å². The van der Waals surface area contributed by atoms with E-state index >= 15 is 0 Å². The summed E-state index contributed by atoms with van der Waals surface area (Å²) in [6, 6.07) is 40.8. The van der Waals surface area contributed by atoms with Crippen molar-refractivity contribution in [2.75, 3.05) is 10.2 Å². The summed E-state index contributed by atoms with van der Waals surface area (Å²) in [6.07, 6.45) is 0. The van der Waals surface area contributed by atoms with E-state index in [4.69, 9.17) is 4.42 Å². The summed E-state index contributed by atoms with van der Waals surface area (Å²) in [4.78, 5) is 2.40. The summed E-state index contributed by atoms with van der Waals surface area (Å²) in [5.41, 5.74) is 7.46. The largest absolute Gasteiger partial charge is 0.456 e. The number of furan rings is 1. The minimum absolute atomic E-state index is 0.905. The van der Waals surface area contributed by atoms with Gasteiger partial charge in [-0.15, -0.1) is 0 Å². The molecule has 1 N–H and O–H groups in total. The van der Waals surface area contributed by atoms with Crippen LogP contribution < -0.4 is 10.2 Å². The minimum atomic E-state index is 0.905. The lowest BCUT2D eigenvalue weighted by Crippen LogP contribution is -2.18. The van der Waals surface area contributed by atoms with Gasteiger partial charge in [0.25, 0.3) is 0 Å². The van der Waals surface area contributed by atoms with Crippen molar-refractivity contribution >= 4 is 71.9 Å². The highest BCUT2D eigenvalue weighted by Crippen LogP contribution is 2.53. The zero-order valence-electron chi connectivity index (χ0n) is 18.8. The van der Waals surface area contributed by atoms with Gasteiger partial charge in [0.15, 0.2) is 0 Å². The molecule has 6 aromatic carbocycles. The SMILES string of the molecule is c1ccc2c3c(ccc2c1)N(c1ccc2oc4ccccc4c2c1)c1c(ccc2ccccc12)N3. The maximum Gasteiger partial charge on any atom is 0.135 e. The molecule has 2 heterocycles. The van der Waals surface area contributed by atoms with Crippen LogP contribution in [0.25, 0.3) is 43.5 Å². The molecule has 1 aliphatic heterocycles. The van der Waals surface area contributed by atoms with Crippen LogP contribution >= 0.6 is 0 Å². The predicted molar refractivity (Wildman–Crippen MR) is 147 cm³/mol. The van der Waals surface area contributed by atoms with Crippen molar-refractivity contribution in [1.29, 1.82) is 0 Å². The topological polar surface area (TPSA) is 28.4 Å². The molecule has 0 atom stereocenters. The molecule has 7 aromatic rings. The smallest absolute Gasteiger partial charge is 0.135 e. The van der Waals surface area contributed by atoms with Gasteiger partial charge < -0.3 is 14.6 Å². The molecule has 35 heavy (non-hydrogen) atoms. The van der Waals surface area contributed by atoms with Gasteiger partial charge in [-0.25, -0.2) is 0 Å². The number of fused-ring (bicyclic) bond motifs is 9. The number of para-hydroxylation sites is 1. The Morgan fingerprint density at radius 1 is 0.543 bits per heavy atom. The van der Waals surface area contributed by atoms with Gasteiger partial charge in [-0.2, -0.15) is 0 Å². The van der Waals surface area contributed by atoms with Gasteiger partial charge in [0, 0.05) is 27.2 Å². The third-order valence-corrected chi connectivity index (χ3v) is 7.15. The summed E-state index contributed by atoms with van der Waals surface area (Å²) in [5.74, 6) is 0. The monoisotopic (exact) mass is 448 g/mol. The normalized spacial score (nSPS) is 12.7. The molecule has 8 rings (SSSR count). The van der Waals surface area contributed by atoms with E-state index in [-0.39, 0.29) is 0 Å². The van der Waals surface area contributed by atoms with Gasteiger partial charge in [-0.1, -0.05) is 78.9 Å². The van der Waals surface area contributed by atoms with Gasteiger partial charge >= 0.3 is 0 Å². The van der Waals surface area contributed by atoms with Crippen LogP contribution in [0, 0.1) is 0 Å². The van der Waals surface area contributed by atoms with E-state index in [1.54, 1.807) is 0 Å². The number of nitrogens with one attached hydrogen (secondary N) is 1. The number of anilines is 5. The molecular weight excluding hydrogens is 428 g/mol. The molecular formula is C32H20N2O.